The van der Waals surface area contributed by atoms with E-state index < -0.39 is 5.63 Å². The second kappa shape index (κ2) is 5.34. The minimum Gasteiger partial charge on any atom is -0.425 e. The molecule has 0 aliphatic carbocycles. The van der Waals surface area contributed by atoms with Crippen molar-refractivity contribution in [2.45, 2.75) is 26.2 Å². The van der Waals surface area contributed by atoms with Crippen molar-refractivity contribution in [2.75, 3.05) is 0 Å². The molecule has 0 saturated heterocycles. The average molecular weight is 320 g/mol. The van der Waals surface area contributed by atoms with E-state index in [9.17, 15) is 9.59 Å². The molecule has 4 rings (SSSR count). The lowest BCUT2D eigenvalue weighted by Crippen LogP contribution is -2.26. The number of ether oxygens (including phenoxy) is 1. The summed E-state index contributed by atoms with van der Waals surface area (Å²) in [7, 11) is 0. The molecule has 0 amide bonds. The van der Waals surface area contributed by atoms with Gasteiger partial charge in [-0.1, -0.05) is 36.4 Å². The summed E-state index contributed by atoms with van der Waals surface area (Å²) in [6.07, 6.45) is 0.137. The Labute approximate surface area is 138 Å². The van der Waals surface area contributed by atoms with Gasteiger partial charge in [-0.15, -0.1) is 0 Å². The van der Waals surface area contributed by atoms with Gasteiger partial charge in [0.05, 0.1) is 17.4 Å². The van der Waals surface area contributed by atoms with Crippen LogP contribution in [0.3, 0.4) is 0 Å². The molecule has 0 spiro atoms. The molecule has 2 heterocycles. The third-order valence-corrected chi connectivity index (χ3v) is 4.48. The minimum absolute atomic E-state index is 0.137. The number of carbonyl (C=O) groups excluding carboxylic acids is 1. The molecule has 1 aliphatic rings. The number of rotatable bonds is 1. The van der Waals surface area contributed by atoms with Gasteiger partial charge in [-0.05, 0) is 36.6 Å². The zero-order valence-corrected chi connectivity index (χ0v) is 13.5. The van der Waals surface area contributed by atoms with E-state index in [0.717, 1.165) is 16.7 Å². The van der Waals surface area contributed by atoms with Crippen molar-refractivity contribution in [3.63, 3.8) is 0 Å². The molecule has 120 valence electrons. The van der Waals surface area contributed by atoms with Gasteiger partial charge in [0, 0.05) is 5.92 Å². The maximum Gasteiger partial charge on any atom is 0.343 e. The molecule has 1 atom stereocenters. The molecule has 24 heavy (non-hydrogen) atoms. The molecule has 0 saturated carbocycles. The van der Waals surface area contributed by atoms with Gasteiger partial charge >= 0.3 is 11.6 Å². The number of carbonyl (C=O) groups is 1. The Morgan fingerprint density at radius 1 is 1.04 bits per heavy atom. The summed E-state index contributed by atoms with van der Waals surface area (Å²) in [6, 6.07) is 13.3. The van der Waals surface area contributed by atoms with Gasteiger partial charge in [0.1, 0.15) is 5.58 Å². The molecule has 1 unspecified atom stereocenters. The maximum atomic E-state index is 12.6. The largest absolute Gasteiger partial charge is 0.425 e. The molecule has 0 fully saturated rings. The van der Waals surface area contributed by atoms with E-state index in [1.54, 1.807) is 6.07 Å². The number of aryl methyl sites for hydroxylation is 2. The predicted octanol–water partition coefficient (Wildman–Crippen LogP) is 3.85. The van der Waals surface area contributed by atoms with Gasteiger partial charge < -0.3 is 9.15 Å². The highest BCUT2D eigenvalue weighted by atomic mass is 16.5. The Kier molecular flexibility index (Phi) is 3.27. The SMILES string of the molecule is Cc1cc(C)c2c3c(c(=O)oc2c1)C(c1ccccc1)CC(=O)O3. The lowest BCUT2D eigenvalue weighted by atomic mass is 9.86. The number of benzene rings is 2. The van der Waals surface area contributed by atoms with E-state index >= 15 is 0 Å². The first-order valence-electron chi connectivity index (χ1n) is 7.88. The minimum atomic E-state index is -0.441. The summed E-state index contributed by atoms with van der Waals surface area (Å²) in [4.78, 5) is 24.8. The zero-order chi connectivity index (χ0) is 16.8. The normalized spacial score (nSPS) is 16.8. The Balaban J connectivity index is 2.07. The number of hydrogen-bond donors (Lipinski definition) is 0. The van der Waals surface area contributed by atoms with Gasteiger partial charge in [0.15, 0.2) is 5.75 Å². The van der Waals surface area contributed by atoms with Crippen LogP contribution in [-0.4, -0.2) is 5.97 Å². The van der Waals surface area contributed by atoms with Crippen LogP contribution in [0.5, 0.6) is 5.75 Å². The standard InChI is InChI=1S/C20H16O4/c1-11-8-12(2)17-15(9-11)23-20(22)18-14(10-16(21)24-19(17)18)13-6-4-3-5-7-13/h3-9,14H,10H2,1-2H3. The number of hydrogen-bond acceptors (Lipinski definition) is 4. The van der Waals surface area contributed by atoms with Crippen LogP contribution in [0.25, 0.3) is 11.0 Å². The summed E-state index contributed by atoms with van der Waals surface area (Å²) in [6.45, 7) is 3.86. The fourth-order valence-corrected chi connectivity index (χ4v) is 3.48. The van der Waals surface area contributed by atoms with E-state index in [1.807, 2.05) is 50.2 Å². The first kappa shape index (κ1) is 14.7. The average Bonchev–Trinajstić information content (AvgIpc) is 2.54. The van der Waals surface area contributed by atoms with Crippen molar-refractivity contribution in [1.82, 2.24) is 0 Å². The Hall–Kier alpha value is -2.88. The van der Waals surface area contributed by atoms with Gasteiger partial charge in [0.25, 0.3) is 0 Å². The van der Waals surface area contributed by atoms with Crippen LogP contribution in [0.15, 0.2) is 51.7 Å². The number of esters is 1. The van der Waals surface area contributed by atoms with Crippen LogP contribution in [0.2, 0.25) is 0 Å². The van der Waals surface area contributed by atoms with Gasteiger partial charge in [0.2, 0.25) is 0 Å². The summed E-state index contributed by atoms with van der Waals surface area (Å²) in [5, 5.41) is 0.698. The van der Waals surface area contributed by atoms with Crippen molar-refractivity contribution in [3.05, 3.63) is 75.1 Å². The first-order valence-corrected chi connectivity index (χ1v) is 7.88. The van der Waals surface area contributed by atoms with Crippen molar-refractivity contribution < 1.29 is 13.9 Å². The molecular formula is C20H16O4. The summed E-state index contributed by atoms with van der Waals surface area (Å²) in [5.74, 6) is -0.323. The third-order valence-electron chi connectivity index (χ3n) is 4.48. The molecule has 4 nitrogen and oxygen atoms in total. The smallest absolute Gasteiger partial charge is 0.343 e. The van der Waals surface area contributed by atoms with Gasteiger partial charge in [-0.25, -0.2) is 4.79 Å². The van der Waals surface area contributed by atoms with E-state index in [4.69, 9.17) is 9.15 Å². The van der Waals surface area contributed by atoms with Gasteiger partial charge in [-0.2, -0.15) is 0 Å². The van der Waals surface area contributed by atoms with Gasteiger partial charge in [-0.3, -0.25) is 4.79 Å². The second-order valence-corrected chi connectivity index (χ2v) is 6.23. The Bertz CT molecular complexity index is 1020. The summed E-state index contributed by atoms with van der Waals surface area (Å²) < 4.78 is 11.1. The molecule has 0 radical (unpaired) electrons. The van der Waals surface area contributed by atoms with Crippen LogP contribution in [-0.2, 0) is 4.79 Å². The first-order chi connectivity index (χ1) is 11.5. The topological polar surface area (TPSA) is 56.5 Å². The summed E-state index contributed by atoms with van der Waals surface area (Å²) in [5.41, 5.74) is 3.27. The maximum absolute atomic E-state index is 12.6. The van der Waals surface area contributed by atoms with Crippen LogP contribution in [0.4, 0.5) is 0 Å². The lowest BCUT2D eigenvalue weighted by Gasteiger charge is -2.25. The van der Waals surface area contributed by atoms with E-state index in [0.29, 0.717) is 22.3 Å². The van der Waals surface area contributed by atoms with Crippen LogP contribution < -0.4 is 10.4 Å². The Morgan fingerprint density at radius 3 is 2.54 bits per heavy atom. The lowest BCUT2D eigenvalue weighted by molar-refractivity contribution is -0.135. The highest BCUT2D eigenvalue weighted by Crippen LogP contribution is 2.41. The van der Waals surface area contributed by atoms with Crippen molar-refractivity contribution in [3.8, 4) is 5.75 Å². The van der Waals surface area contributed by atoms with E-state index in [-0.39, 0.29) is 18.3 Å². The fourth-order valence-electron chi connectivity index (χ4n) is 3.48. The molecular weight excluding hydrogens is 304 g/mol. The molecule has 1 aliphatic heterocycles. The second-order valence-electron chi connectivity index (χ2n) is 6.23. The van der Waals surface area contributed by atoms with Crippen molar-refractivity contribution in [1.29, 1.82) is 0 Å². The monoisotopic (exact) mass is 320 g/mol. The highest BCUT2D eigenvalue weighted by molar-refractivity contribution is 5.92. The third kappa shape index (κ3) is 2.22. The highest BCUT2D eigenvalue weighted by Gasteiger charge is 2.34. The number of fused-ring (bicyclic) bond motifs is 3. The molecule has 4 heteroatoms. The fraction of sp³-hybridized carbons (Fsp3) is 0.200. The predicted molar refractivity (Wildman–Crippen MR) is 90.5 cm³/mol. The van der Waals surface area contributed by atoms with E-state index in [2.05, 4.69) is 0 Å². The van der Waals surface area contributed by atoms with Crippen molar-refractivity contribution >= 4 is 16.9 Å². The van der Waals surface area contributed by atoms with Crippen LogP contribution in [0.1, 0.15) is 34.6 Å². The molecule has 3 aromatic rings. The van der Waals surface area contributed by atoms with E-state index in [1.165, 1.54) is 0 Å². The molecule has 2 aromatic carbocycles. The van der Waals surface area contributed by atoms with Crippen LogP contribution >= 0.6 is 0 Å². The molecule has 0 bridgehead atoms. The zero-order valence-electron chi connectivity index (χ0n) is 13.5. The molecule has 0 N–H and O–H groups in total. The summed E-state index contributed by atoms with van der Waals surface area (Å²) >= 11 is 0. The Morgan fingerprint density at radius 2 is 1.79 bits per heavy atom. The van der Waals surface area contributed by atoms with Crippen molar-refractivity contribution in [2.24, 2.45) is 0 Å². The molecule has 1 aromatic heterocycles. The van der Waals surface area contributed by atoms with Crippen LogP contribution in [0, 0.1) is 13.8 Å². The quantitative estimate of drug-likeness (QED) is 0.505.